The van der Waals surface area contributed by atoms with E-state index in [2.05, 4.69) is 21.1 Å². The first kappa shape index (κ1) is 21.4. The summed E-state index contributed by atoms with van der Waals surface area (Å²) < 4.78 is 1.38. The zero-order chi connectivity index (χ0) is 22.2. The molecule has 0 saturated carbocycles. The third-order valence-corrected chi connectivity index (χ3v) is 4.31. The summed E-state index contributed by atoms with van der Waals surface area (Å²) in [7, 11) is 0. The van der Waals surface area contributed by atoms with Crippen LogP contribution >= 0.6 is 0 Å². The number of benzene rings is 2. The van der Waals surface area contributed by atoms with Gasteiger partial charge in [0.2, 0.25) is 0 Å². The lowest BCUT2D eigenvalue weighted by molar-refractivity contribution is 0.470. The Morgan fingerprint density at radius 1 is 0.968 bits per heavy atom. The minimum atomic E-state index is -0.225. The molecule has 0 radical (unpaired) electrons. The maximum Gasteiger partial charge on any atom is 0.267 e. The van der Waals surface area contributed by atoms with Gasteiger partial charge in [0.15, 0.2) is 11.6 Å². The first-order valence-corrected chi connectivity index (χ1v) is 9.81. The summed E-state index contributed by atoms with van der Waals surface area (Å²) in [6.45, 7) is 4.27. The number of rotatable bonds is 4. The molecule has 2 aromatic heterocycles. The van der Waals surface area contributed by atoms with Crippen molar-refractivity contribution >= 4 is 0 Å². The fraction of sp³-hybridized carbons (Fsp3) is 0.125. The molecule has 2 aromatic carbocycles. The Morgan fingerprint density at radius 2 is 1.68 bits per heavy atom. The molecule has 0 fully saturated rings. The van der Waals surface area contributed by atoms with Gasteiger partial charge in [0.1, 0.15) is 0 Å². The number of hydrogen-bond acceptors (Lipinski definition) is 6. The molecule has 4 aromatic rings. The topological polar surface area (TPSA) is 105 Å². The van der Waals surface area contributed by atoms with Gasteiger partial charge in [0.05, 0.1) is 36.3 Å². The fourth-order valence-electron chi connectivity index (χ4n) is 2.92. The summed E-state index contributed by atoms with van der Waals surface area (Å²) in [4.78, 5) is 20.5. The Labute approximate surface area is 179 Å². The summed E-state index contributed by atoms with van der Waals surface area (Å²) in [5.74, 6) is 0.477. The van der Waals surface area contributed by atoms with Crippen LogP contribution in [0.3, 0.4) is 0 Å². The van der Waals surface area contributed by atoms with E-state index in [4.69, 9.17) is 5.26 Å². The van der Waals surface area contributed by atoms with Crippen LogP contribution in [0.5, 0.6) is 5.75 Å². The van der Waals surface area contributed by atoms with Crippen molar-refractivity contribution in [2.75, 3.05) is 0 Å². The van der Waals surface area contributed by atoms with E-state index in [0.29, 0.717) is 17.1 Å². The van der Waals surface area contributed by atoms with E-state index >= 15 is 0 Å². The summed E-state index contributed by atoms with van der Waals surface area (Å²) in [6, 6.07) is 19.8. The third kappa shape index (κ3) is 5.19. The van der Waals surface area contributed by atoms with Crippen molar-refractivity contribution in [1.82, 2.24) is 19.7 Å². The summed E-state index contributed by atoms with van der Waals surface area (Å²) in [6.07, 6.45) is 2.67. The molecule has 4 rings (SSSR count). The third-order valence-electron chi connectivity index (χ3n) is 4.31. The molecular formula is C24H21N5O2. The van der Waals surface area contributed by atoms with Crippen LogP contribution in [0.4, 0.5) is 0 Å². The SMILES string of the molecule is CC.N#Cc1cccc(-c2ccc(=O)n(Cc3cccc(-c4ncc(O)cn4)c3)n2)c1. The van der Waals surface area contributed by atoms with E-state index in [1.807, 2.05) is 44.2 Å². The standard InChI is InChI=1S/C22H15N5O2.C2H6/c23-11-15-3-1-5-17(9-15)20-7-8-21(29)27(26-20)14-16-4-2-6-18(10-16)22-24-12-19(28)13-25-22;1-2/h1-10,12-13,28H,14H2;1-2H3. The van der Waals surface area contributed by atoms with Crippen LogP contribution in [-0.2, 0) is 6.54 Å². The minimum absolute atomic E-state index is 0.00191. The van der Waals surface area contributed by atoms with Gasteiger partial charge >= 0.3 is 0 Å². The summed E-state index contributed by atoms with van der Waals surface area (Å²) in [5.41, 5.74) is 3.31. The molecule has 0 atom stereocenters. The maximum atomic E-state index is 12.3. The van der Waals surface area contributed by atoms with E-state index < -0.39 is 0 Å². The zero-order valence-electron chi connectivity index (χ0n) is 17.2. The Morgan fingerprint density at radius 3 is 2.42 bits per heavy atom. The Bertz CT molecular complexity index is 1270. The Balaban J connectivity index is 0.00000132. The van der Waals surface area contributed by atoms with Gasteiger partial charge in [0.25, 0.3) is 5.56 Å². The number of aromatic nitrogens is 4. The fourth-order valence-corrected chi connectivity index (χ4v) is 2.92. The molecule has 0 aliphatic rings. The lowest BCUT2D eigenvalue weighted by Crippen LogP contribution is -2.22. The highest BCUT2D eigenvalue weighted by molar-refractivity contribution is 5.60. The average Bonchev–Trinajstić information content (AvgIpc) is 2.82. The van der Waals surface area contributed by atoms with Crippen molar-refractivity contribution in [2.45, 2.75) is 20.4 Å². The molecular weight excluding hydrogens is 390 g/mol. The second kappa shape index (κ2) is 9.94. The molecule has 0 aliphatic heterocycles. The van der Waals surface area contributed by atoms with Crippen LogP contribution in [0, 0.1) is 11.3 Å². The molecule has 0 saturated heterocycles. The highest BCUT2D eigenvalue weighted by Crippen LogP contribution is 2.19. The van der Waals surface area contributed by atoms with Gasteiger partial charge in [0, 0.05) is 17.2 Å². The summed E-state index contributed by atoms with van der Waals surface area (Å²) in [5, 5.41) is 22.9. The van der Waals surface area contributed by atoms with Gasteiger partial charge in [-0.05, 0) is 29.8 Å². The first-order valence-electron chi connectivity index (χ1n) is 9.81. The molecule has 0 spiro atoms. The Kier molecular flexibility index (Phi) is 6.86. The van der Waals surface area contributed by atoms with Crippen LogP contribution in [0.2, 0.25) is 0 Å². The van der Waals surface area contributed by atoms with Crippen molar-refractivity contribution in [3.63, 3.8) is 0 Å². The highest BCUT2D eigenvalue weighted by atomic mass is 16.3. The normalized spacial score (nSPS) is 9.97. The molecule has 0 bridgehead atoms. The van der Waals surface area contributed by atoms with E-state index in [1.54, 1.807) is 24.3 Å². The average molecular weight is 411 g/mol. The van der Waals surface area contributed by atoms with E-state index in [-0.39, 0.29) is 17.9 Å². The number of nitrogens with zero attached hydrogens (tertiary/aromatic N) is 5. The van der Waals surface area contributed by atoms with Gasteiger partial charge in [-0.1, -0.05) is 44.2 Å². The van der Waals surface area contributed by atoms with Crippen molar-refractivity contribution in [3.8, 4) is 34.5 Å². The molecule has 1 N–H and O–H groups in total. The van der Waals surface area contributed by atoms with Crippen LogP contribution < -0.4 is 5.56 Å². The second-order valence-corrected chi connectivity index (χ2v) is 6.37. The summed E-state index contributed by atoms with van der Waals surface area (Å²) >= 11 is 0. The van der Waals surface area contributed by atoms with E-state index in [1.165, 1.54) is 23.1 Å². The predicted molar refractivity (Wildman–Crippen MR) is 118 cm³/mol. The lowest BCUT2D eigenvalue weighted by atomic mass is 10.1. The molecule has 7 heteroatoms. The molecule has 31 heavy (non-hydrogen) atoms. The quantitative estimate of drug-likeness (QED) is 0.544. The van der Waals surface area contributed by atoms with Gasteiger partial charge < -0.3 is 5.11 Å². The number of nitriles is 1. The largest absolute Gasteiger partial charge is 0.505 e. The minimum Gasteiger partial charge on any atom is -0.505 e. The molecule has 2 heterocycles. The lowest BCUT2D eigenvalue weighted by Gasteiger charge is -2.09. The van der Waals surface area contributed by atoms with E-state index in [9.17, 15) is 9.90 Å². The smallest absolute Gasteiger partial charge is 0.267 e. The van der Waals surface area contributed by atoms with Crippen LogP contribution in [0.15, 0.2) is 77.9 Å². The van der Waals surface area contributed by atoms with Gasteiger partial charge in [-0.2, -0.15) is 10.4 Å². The van der Waals surface area contributed by atoms with Crippen molar-refractivity contribution in [1.29, 1.82) is 5.26 Å². The van der Waals surface area contributed by atoms with Crippen molar-refractivity contribution in [2.24, 2.45) is 0 Å². The number of hydrogen-bond donors (Lipinski definition) is 1. The van der Waals surface area contributed by atoms with Crippen molar-refractivity contribution in [3.05, 3.63) is 94.5 Å². The molecule has 0 unspecified atom stereocenters. The van der Waals surface area contributed by atoms with Crippen LogP contribution in [-0.4, -0.2) is 24.9 Å². The molecule has 154 valence electrons. The number of aromatic hydroxyl groups is 1. The van der Waals surface area contributed by atoms with Gasteiger partial charge in [-0.3, -0.25) is 4.79 Å². The molecule has 0 aliphatic carbocycles. The zero-order valence-corrected chi connectivity index (χ0v) is 17.2. The first-order chi connectivity index (χ1) is 15.1. The van der Waals surface area contributed by atoms with Gasteiger partial charge in [-0.25, -0.2) is 14.6 Å². The van der Waals surface area contributed by atoms with E-state index in [0.717, 1.165) is 16.7 Å². The molecule has 0 amide bonds. The Hall–Kier alpha value is -4.31. The van der Waals surface area contributed by atoms with Gasteiger partial charge in [-0.15, -0.1) is 0 Å². The predicted octanol–water partition coefficient (Wildman–Crippen LogP) is 4.02. The highest BCUT2D eigenvalue weighted by Gasteiger charge is 2.07. The second-order valence-electron chi connectivity index (χ2n) is 6.37. The van der Waals surface area contributed by atoms with Crippen LogP contribution in [0.25, 0.3) is 22.6 Å². The molecule has 7 nitrogen and oxygen atoms in total. The monoisotopic (exact) mass is 411 g/mol. The van der Waals surface area contributed by atoms with Crippen LogP contribution in [0.1, 0.15) is 25.0 Å². The van der Waals surface area contributed by atoms with Crippen molar-refractivity contribution < 1.29 is 5.11 Å². The maximum absolute atomic E-state index is 12.3.